The molecule has 1 aliphatic heterocycles. The highest BCUT2D eigenvalue weighted by Crippen LogP contribution is 2.37. The zero-order valence-corrected chi connectivity index (χ0v) is 18.9. The Morgan fingerprint density at radius 1 is 0.909 bits per heavy atom. The highest BCUT2D eigenvalue weighted by Gasteiger charge is 2.37. The number of aliphatic hydroxyl groups is 1. The van der Waals surface area contributed by atoms with Crippen LogP contribution < -0.4 is 0 Å². The highest BCUT2D eigenvalue weighted by molar-refractivity contribution is 8.14. The Kier molecular flexibility index (Phi) is 8.30. The lowest BCUT2D eigenvalue weighted by molar-refractivity contribution is -0.143. The van der Waals surface area contributed by atoms with Crippen molar-refractivity contribution in [1.82, 2.24) is 9.97 Å². The largest absolute Gasteiger partial charge is 0.416 e. The number of nitrogens with zero attached hydrogens (tertiary/aromatic N) is 4. The van der Waals surface area contributed by atoms with E-state index in [0.717, 1.165) is 18.2 Å². The summed E-state index contributed by atoms with van der Waals surface area (Å²) in [4.78, 5) is 8.42. The van der Waals surface area contributed by atoms with E-state index in [4.69, 9.17) is 16.7 Å². The molecule has 2 heterocycles. The van der Waals surface area contributed by atoms with E-state index in [-0.39, 0.29) is 35.5 Å². The topological polar surface area (TPSA) is 70.7 Å². The minimum atomic E-state index is -4.95. The van der Waals surface area contributed by atoms with Gasteiger partial charge in [0.2, 0.25) is 0 Å². The van der Waals surface area contributed by atoms with Crippen LogP contribution in [-0.2, 0) is 12.4 Å². The summed E-state index contributed by atoms with van der Waals surface area (Å²) in [6.07, 6.45) is -8.57. The van der Waals surface area contributed by atoms with Crippen LogP contribution in [0, 0.1) is 0 Å². The molecule has 14 heteroatoms. The molecule has 1 aromatic heterocycles. The van der Waals surface area contributed by atoms with Crippen molar-refractivity contribution in [1.29, 1.82) is 0 Å². The van der Waals surface area contributed by atoms with Gasteiger partial charge in [0.05, 0.1) is 16.8 Å². The van der Waals surface area contributed by atoms with Crippen molar-refractivity contribution in [3.05, 3.63) is 46.1 Å². The number of benzene rings is 1. The summed E-state index contributed by atoms with van der Waals surface area (Å²) in [5.41, 5.74) is -3.16. The molecule has 0 atom stereocenters. The van der Waals surface area contributed by atoms with Crippen LogP contribution in [0.1, 0.15) is 36.0 Å². The number of unbranched alkanes of at least 4 members (excludes halogenated alkanes) is 1. The van der Waals surface area contributed by atoms with E-state index in [1.807, 2.05) is 0 Å². The van der Waals surface area contributed by atoms with Crippen molar-refractivity contribution < 1.29 is 31.4 Å². The second-order valence-electron chi connectivity index (χ2n) is 6.70. The van der Waals surface area contributed by atoms with E-state index in [1.165, 1.54) is 17.8 Å². The van der Waals surface area contributed by atoms with E-state index in [2.05, 4.69) is 20.2 Å². The number of rotatable bonds is 7. The normalized spacial score (nSPS) is 14.4. The van der Waals surface area contributed by atoms with Gasteiger partial charge in [0, 0.05) is 24.8 Å². The van der Waals surface area contributed by atoms with Crippen LogP contribution in [0.4, 0.5) is 26.3 Å². The van der Waals surface area contributed by atoms with Gasteiger partial charge in [-0.3, -0.25) is 0 Å². The number of hydrogen-bond donors (Lipinski definition) is 1. The zero-order valence-electron chi connectivity index (χ0n) is 16.5. The molecule has 178 valence electrons. The molecule has 0 fully saturated rings. The van der Waals surface area contributed by atoms with E-state index in [9.17, 15) is 26.3 Å². The molecule has 0 saturated carbocycles. The minimum Gasteiger partial charge on any atom is -0.396 e. The predicted octanol–water partition coefficient (Wildman–Crippen LogP) is 6.33. The first-order valence-corrected chi connectivity index (χ1v) is 11.5. The Morgan fingerprint density at radius 2 is 1.58 bits per heavy atom. The Hall–Kier alpha value is -1.83. The summed E-state index contributed by atoms with van der Waals surface area (Å²) in [7, 11) is 0. The van der Waals surface area contributed by atoms with Crippen molar-refractivity contribution in [3.8, 4) is 0 Å². The van der Waals surface area contributed by atoms with E-state index in [1.54, 1.807) is 0 Å². The van der Waals surface area contributed by atoms with Gasteiger partial charge in [-0.2, -0.15) is 31.4 Å². The fourth-order valence-electron chi connectivity index (χ4n) is 2.66. The van der Waals surface area contributed by atoms with E-state index in [0.29, 0.717) is 39.5 Å². The van der Waals surface area contributed by atoms with E-state index < -0.39 is 23.5 Å². The quantitative estimate of drug-likeness (QED) is 0.149. The second kappa shape index (κ2) is 10.6. The maximum atomic E-state index is 13.1. The van der Waals surface area contributed by atoms with Gasteiger partial charge in [-0.15, -0.1) is 5.10 Å². The second-order valence-corrected chi connectivity index (χ2v) is 9.25. The summed E-state index contributed by atoms with van der Waals surface area (Å²) in [5, 5.41) is 17.8. The molecule has 0 radical (unpaired) electrons. The van der Waals surface area contributed by atoms with Crippen LogP contribution >= 0.6 is 35.1 Å². The number of aromatic nitrogens is 2. The van der Waals surface area contributed by atoms with Gasteiger partial charge in [0.25, 0.3) is 0 Å². The average molecular weight is 529 g/mol. The Labute approximate surface area is 197 Å². The fraction of sp³-hybridized carbons (Fsp3) is 0.368. The first-order valence-electron chi connectivity index (χ1n) is 9.35. The molecule has 0 saturated heterocycles. The standard InChI is InChI=1S/C19H15ClF6N4OS2/c20-14-9-15(28-17(27-14)32-4-2-1-3-31)33-16-8-13(29-30-16)10-5-11(18(21,22)23)7-12(6-10)19(24,25)26/h5-7,9,31H,1-4,8H2. The molecule has 0 spiro atoms. The first kappa shape index (κ1) is 25.8. The van der Waals surface area contributed by atoms with Crippen molar-refractivity contribution in [2.24, 2.45) is 10.2 Å². The van der Waals surface area contributed by atoms with Crippen LogP contribution in [-0.4, -0.2) is 38.2 Å². The maximum absolute atomic E-state index is 13.1. The molecule has 2 aromatic rings. The molecule has 33 heavy (non-hydrogen) atoms. The van der Waals surface area contributed by atoms with Gasteiger partial charge in [0.15, 0.2) is 5.16 Å². The number of hydrogen-bond acceptors (Lipinski definition) is 7. The molecule has 3 rings (SSSR count). The van der Waals surface area contributed by atoms with Crippen molar-refractivity contribution in [2.45, 2.75) is 41.8 Å². The van der Waals surface area contributed by atoms with Gasteiger partial charge >= 0.3 is 12.4 Å². The molecule has 0 unspecified atom stereocenters. The summed E-state index contributed by atoms with van der Waals surface area (Å²) >= 11 is 8.40. The smallest absolute Gasteiger partial charge is 0.396 e. The van der Waals surface area contributed by atoms with Crippen molar-refractivity contribution >= 4 is 45.9 Å². The van der Waals surface area contributed by atoms with Gasteiger partial charge < -0.3 is 5.11 Å². The summed E-state index contributed by atoms with van der Waals surface area (Å²) in [6.45, 7) is 0.0799. The van der Waals surface area contributed by atoms with Gasteiger partial charge in [-0.1, -0.05) is 35.1 Å². The lowest BCUT2D eigenvalue weighted by Crippen LogP contribution is -2.13. The van der Waals surface area contributed by atoms with Crippen LogP contribution in [0.2, 0.25) is 5.15 Å². The summed E-state index contributed by atoms with van der Waals surface area (Å²) in [5.74, 6) is 0.663. The van der Waals surface area contributed by atoms with Crippen molar-refractivity contribution in [3.63, 3.8) is 0 Å². The minimum absolute atomic E-state index is 0.0205. The third kappa shape index (κ3) is 7.33. The average Bonchev–Trinajstić information content (AvgIpc) is 3.18. The van der Waals surface area contributed by atoms with Crippen LogP contribution in [0.3, 0.4) is 0 Å². The summed E-state index contributed by atoms with van der Waals surface area (Å²) < 4.78 is 78.7. The van der Waals surface area contributed by atoms with Gasteiger partial charge in [0.1, 0.15) is 15.2 Å². The molecule has 0 bridgehead atoms. The number of thioether (sulfide) groups is 2. The first-order chi connectivity index (χ1) is 15.5. The van der Waals surface area contributed by atoms with E-state index >= 15 is 0 Å². The molecule has 5 nitrogen and oxygen atoms in total. The van der Waals surface area contributed by atoms with Crippen LogP contribution in [0.25, 0.3) is 0 Å². The molecule has 1 aromatic carbocycles. The SMILES string of the molecule is OCCCCSc1nc(Cl)cc(SC2=NN=C(c3cc(C(F)(F)F)cc(C(F)(F)F)c3)C2)n1. The molecule has 1 aliphatic rings. The number of halogens is 7. The zero-order chi connectivity index (χ0) is 24.2. The lowest BCUT2D eigenvalue weighted by atomic mass is 10.0. The highest BCUT2D eigenvalue weighted by atomic mass is 35.5. The lowest BCUT2D eigenvalue weighted by Gasteiger charge is -2.14. The molecule has 0 amide bonds. The third-order valence-electron chi connectivity index (χ3n) is 4.18. The fourth-order valence-corrected chi connectivity index (χ4v) is 4.71. The Bertz CT molecular complexity index is 1040. The maximum Gasteiger partial charge on any atom is 0.416 e. The number of aliphatic hydroxyl groups excluding tert-OH is 1. The van der Waals surface area contributed by atoms with Crippen LogP contribution in [0.5, 0.6) is 0 Å². The van der Waals surface area contributed by atoms with Crippen LogP contribution in [0.15, 0.2) is 44.7 Å². The Morgan fingerprint density at radius 3 is 2.18 bits per heavy atom. The van der Waals surface area contributed by atoms with Crippen molar-refractivity contribution in [2.75, 3.05) is 12.4 Å². The summed E-state index contributed by atoms with van der Waals surface area (Å²) in [6, 6.07) is 2.79. The van der Waals surface area contributed by atoms with Gasteiger partial charge in [-0.25, -0.2) is 9.97 Å². The monoisotopic (exact) mass is 528 g/mol. The van der Waals surface area contributed by atoms with Gasteiger partial charge in [-0.05, 0) is 36.6 Å². The number of alkyl halides is 6. The molecular formula is C19H15ClF6N4OS2. The predicted molar refractivity (Wildman–Crippen MR) is 115 cm³/mol. The third-order valence-corrected chi connectivity index (χ3v) is 6.19. The molecular weight excluding hydrogens is 514 g/mol. The molecule has 0 aliphatic carbocycles. The molecule has 1 N–H and O–H groups in total. The Balaban J connectivity index is 1.74.